The maximum atomic E-state index is 13.7. The van der Waals surface area contributed by atoms with Crippen molar-refractivity contribution in [3.8, 4) is 11.5 Å². The number of hydrogen-bond donors (Lipinski definition) is 1. The summed E-state index contributed by atoms with van der Waals surface area (Å²) in [6, 6.07) is 7.70. The molecule has 0 unspecified atom stereocenters. The summed E-state index contributed by atoms with van der Waals surface area (Å²) in [5.74, 6) is -1.19. The number of nitrogens with zero attached hydrogens (tertiary/aromatic N) is 1. The Balaban J connectivity index is 2.50. The van der Waals surface area contributed by atoms with Gasteiger partial charge in [0.1, 0.15) is 0 Å². The Morgan fingerprint density at radius 1 is 1.35 bits per heavy atom. The Morgan fingerprint density at radius 2 is 2.10 bits per heavy atom. The first-order valence-electron chi connectivity index (χ1n) is 5.53. The molecule has 2 rings (SSSR count). The van der Waals surface area contributed by atoms with Gasteiger partial charge in [-0.3, -0.25) is 10.1 Å². The van der Waals surface area contributed by atoms with Crippen LogP contribution in [0.2, 0.25) is 5.02 Å². The van der Waals surface area contributed by atoms with E-state index in [-0.39, 0.29) is 27.8 Å². The number of benzene rings is 2. The Bertz CT molecular complexity index is 663. The minimum atomic E-state index is -0.731. The zero-order valence-electron chi connectivity index (χ0n) is 10.0. The highest BCUT2D eigenvalue weighted by Gasteiger charge is 2.19. The number of ether oxygens (including phenoxy) is 1. The largest absolute Gasteiger partial charge is 0.447 e. The van der Waals surface area contributed by atoms with Crippen LogP contribution in [0.1, 0.15) is 5.56 Å². The fourth-order valence-corrected chi connectivity index (χ4v) is 1.78. The Labute approximate surface area is 118 Å². The van der Waals surface area contributed by atoms with Gasteiger partial charge in [-0.1, -0.05) is 23.7 Å². The first-order chi connectivity index (χ1) is 9.52. The number of aliphatic hydroxyl groups excluding tert-OH is 1. The molecule has 0 aliphatic heterocycles. The topological polar surface area (TPSA) is 72.6 Å². The minimum absolute atomic E-state index is 0.180. The first kappa shape index (κ1) is 14.2. The maximum absolute atomic E-state index is 13.7. The molecule has 104 valence electrons. The third-order valence-electron chi connectivity index (χ3n) is 2.55. The Morgan fingerprint density at radius 3 is 2.75 bits per heavy atom. The number of para-hydroxylation sites is 1. The molecule has 1 N–H and O–H groups in total. The van der Waals surface area contributed by atoms with E-state index in [1.807, 2.05) is 0 Å². The molecule has 0 aliphatic rings. The van der Waals surface area contributed by atoms with Crippen LogP contribution in [0, 0.1) is 15.9 Å². The van der Waals surface area contributed by atoms with Crippen molar-refractivity contribution < 1.29 is 19.2 Å². The summed E-state index contributed by atoms with van der Waals surface area (Å²) >= 11 is 5.76. The molecule has 2 aromatic rings. The van der Waals surface area contributed by atoms with Crippen molar-refractivity contribution >= 4 is 17.3 Å². The van der Waals surface area contributed by atoms with Gasteiger partial charge >= 0.3 is 5.69 Å². The molecular weight excluding hydrogens is 289 g/mol. The summed E-state index contributed by atoms with van der Waals surface area (Å²) < 4.78 is 19.0. The normalized spacial score (nSPS) is 10.3. The summed E-state index contributed by atoms with van der Waals surface area (Å²) in [5, 5.41) is 20.3. The van der Waals surface area contributed by atoms with E-state index in [4.69, 9.17) is 21.4 Å². The first-order valence-corrected chi connectivity index (χ1v) is 5.90. The number of rotatable bonds is 4. The maximum Gasteiger partial charge on any atom is 0.311 e. The molecule has 0 saturated heterocycles. The monoisotopic (exact) mass is 297 g/mol. The van der Waals surface area contributed by atoms with Gasteiger partial charge in [-0.25, -0.2) is 4.39 Å². The summed E-state index contributed by atoms with van der Waals surface area (Å²) in [5.41, 5.74) is -0.166. The summed E-state index contributed by atoms with van der Waals surface area (Å²) in [7, 11) is 0. The van der Waals surface area contributed by atoms with E-state index in [1.54, 1.807) is 0 Å². The molecule has 0 amide bonds. The summed E-state index contributed by atoms with van der Waals surface area (Å²) in [6.07, 6.45) is 0. The van der Waals surface area contributed by atoms with Gasteiger partial charge in [0.15, 0.2) is 11.6 Å². The van der Waals surface area contributed by atoms with Crippen LogP contribution >= 0.6 is 11.6 Å². The molecular formula is C13H9ClFNO4. The van der Waals surface area contributed by atoms with Crippen molar-refractivity contribution in [2.45, 2.75) is 6.61 Å². The third-order valence-corrected chi connectivity index (χ3v) is 2.78. The van der Waals surface area contributed by atoms with Crippen molar-refractivity contribution in [3.63, 3.8) is 0 Å². The Kier molecular flexibility index (Phi) is 4.16. The Hall–Kier alpha value is -2.18. The van der Waals surface area contributed by atoms with Gasteiger partial charge in [0.25, 0.3) is 0 Å². The third kappa shape index (κ3) is 2.87. The molecule has 0 bridgehead atoms. The van der Waals surface area contributed by atoms with E-state index in [9.17, 15) is 14.5 Å². The second-order valence-corrected chi connectivity index (χ2v) is 4.29. The molecule has 0 atom stereocenters. The fourth-order valence-electron chi connectivity index (χ4n) is 1.62. The SMILES string of the molecule is O=[N+]([O-])c1ccc(Cl)cc1Oc1c(F)cccc1CO. The molecule has 7 heteroatoms. The van der Waals surface area contributed by atoms with Crippen LogP contribution < -0.4 is 4.74 Å². The molecule has 0 saturated carbocycles. The van der Waals surface area contributed by atoms with Gasteiger partial charge in [-0.2, -0.15) is 0 Å². The number of nitro groups is 1. The molecule has 0 aliphatic carbocycles. The number of halogens is 2. The van der Waals surface area contributed by atoms with E-state index >= 15 is 0 Å². The van der Waals surface area contributed by atoms with Crippen molar-refractivity contribution in [2.75, 3.05) is 0 Å². The van der Waals surface area contributed by atoms with E-state index in [2.05, 4.69) is 0 Å². The molecule has 5 nitrogen and oxygen atoms in total. The van der Waals surface area contributed by atoms with Crippen LogP contribution in [-0.4, -0.2) is 10.0 Å². The van der Waals surface area contributed by atoms with Crippen LogP contribution in [0.15, 0.2) is 36.4 Å². The van der Waals surface area contributed by atoms with E-state index < -0.39 is 17.3 Å². The van der Waals surface area contributed by atoms with E-state index in [0.717, 1.165) is 12.1 Å². The standard InChI is InChI=1S/C13H9ClFNO4/c14-9-4-5-11(16(18)19)12(6-9)20-13-8(7-17)2-1-3-10(13)15/h1-6,17H,7H2. The number of aliphatic hydroxyl groups is 1. The van der Waals surface area contributed by atoms with Crippen molar-refractivity contribution in [3.05, 3.63) is 62.9 Å². The predicted octanol–water partition coefficient (Wildman–Crippen LogP) is 3.67. The highest BCUT2D eigenvalue weighted by Crippen LogP contribution is 2.36. The van der Waals surface area contributed by atoms with Gasteiger partial charge in [-0.05, 0) is 12.1 Å². The summed E-state index contributed by atoms with van der Waals surface area (Å²) in [6.45, 7) is -0.457. The van der Waals surface area contributed by atoms with Gasteiger partial charge in [0.2, 0.25) is 5.75 Å². The molecule has 2 aromatic carbocycles. The zero-order valence-corrected chi connectivity index (χ0v) is 10.8. The molecule has 0 fully saturated rings. The van der Waals surface area contributed by atoms with Crippen LogP contribution in [0.3, 0.4) is 0 Å². The summed E-state index contributed by atoms with van der Waals surface area (Å²) in [4.78, 5) is 10.2. The van der Waals surface area contributed by atoms with Crippen LogP contribution in [0.4, 0.5) is 10.1 Å². The van der Waals surface area contributed by atoms with Gasteiger partial charge in [0, 0.05) is 22.7 Å². The van der Waals surface area contributed by atoms with Crippen molar-refractivity contribution in [1.82, 2.24) is 0 Å². The van der Waals surface area contributed by atoms with Gasteiger partial charge < -0.3 is 9.84 Å². The van der Waals surface area contributed by atoms with Gasteiger partial charge in [0.05, 0.1) is 11.5 Å². The lowest BCUT2D eigenvalue weighted by atomic mass is 10.2. The van der Waals surface area contributed by atoms with E-state index in [1.165, 1.54) is 24.3 Å². The van der Waals surface area contributed by atoms with Gasteiger partial charge in [-0.15, -0.1) is 0 Å². The highest BCUT2D eigenvalue weighted by molar-refractivity contribution is 6.30. The molecule has 0 heterocycles. The van der Waals surface area contributed by atoms with Crippen molar-refractivity contribution in [2.24, 2.45) is 0 Å². The zero-order chi connectivity index (χ0) is 14.7. The van der Waals surface area contributed by atoms with Crippen LogP contribution in [-0.2, 0) is 6.61 Å². The van der Waals surface area contributed by atoms with E-state index in [0.29, 0.717) is 0 Å². The minimum Gasteiger partial charge on any atom is -0.447 e. The van der Waals surface area contributed by atoms with Crippen molar-refractivity contribution in [1.29, 1.82) is 0 Å². The lowest BCUT2D eigenvalue weighted by Gasteiger charge is -2.11. The quantitative estimate of drug-likeness (QED) is 0.690. The molecule has 0 radical (unpaired) electrons. The lowest BCUT2D eigenvalue weighted by Crippen LogP contribution is -1.98. The molecule has 0 spiro atoms. The average Bonchev–Trinajstić information content (AvgIpc) is 2.40. The number of hydrogen-bond acceptors (Lipinski definition) is 4. The lowest BCUT2D eigenvalue weighted by molar-refractivity contribution is -0.385. The highest BCUT2D eigenvalue weighted by atomic mass is 35.5. The smallest absolute Gasteiger partial charge is 0.311 e. The predicted molar refractivity (Wildman–Crippen MR) is 70.5 cm³/mol. The van der Waals surface area contributed by atoms with Crippen LogP contribution in [0.25, 0.3) is 0 Å². The fraction of sp³-hybridized carbons (Fsp3) is 0.0769. The second-order valence-electron chi connectivity index (χ2n) is 3.86. The second kappa shape index (κ2) is 5.85. The number of nitro benzene ring substituents is 1. The molecule has 20 heavy (non-hydrogen) atoms. The average molecular weight is 298 g/mol. The molecule has 0 aromatic heterocycles. The van der Waals surface area contributed by atoms with Crippen LogP contribution in [0.5, 0.6) is 11.5 Å².